The first-order valence-corrected chi connectivity index (χ1v) is 8.93. The van der Waals surface area contributed by atoms with Crippen molar-refractivity contribution >= 4 is 22.9 Å². The van der Waals surface area contributed by atoms with Crippen molar-refractivity contribution in [2.75, 3.05) is 0 Å². The molecule has 0 fully saturated rings. The van der Waals surface area contributed by atoms with E-state index < -0.39 is 0 Å². The molecule has 110 valence electrons. The third-order valence-corrected chi connectivity index (χ3v) is 4.74. The second-order valence-electron chi connectivity index (χ2n) is 5.28. The first-order valence-electron chi connectivity index (χ1n) is 7.73. The van der Waals surface area contributed by atoms with Gasteiger partial charge in [0.15, 0.2) is 0 Å². The number of hydrogen-bond donors (Lipinski definition) is 1. The van der Waals surface area contributed by atoms with E-state index in [0.29, 0.717) is 6.04 Å². The Balaban J connectivity index is 2.29. The largest absolute Gasteiger partial charge is 0.309 e. The summed E-state index contributed by atoms with van der Waals surface area (Å²) in [5.41, 5.74) is 0. The highest BCUT2D eigenvalue weighted by atomic mass is 35.5. The average molecular weight is 302 g/mol. The Morgan fingerprint density at radius 2 is 1.68 bits per heavy atom. The lowest BCUT2D eigenvalue weighted by atomic mass is 10.0. The van der Waals surface area contributed by atoms with Crippen LogP contribution in [0.1, 0.15) is 70.1 Å². The average Bonchev–Trinajstić information content (AvgIpc) is 2.81. The van der Waals surface area contributed by atoms with Gasteiger partial charge in [0.2, 0.25) is 0 Å². The Kier molecular flexibility index (Phi) is 9.58. The molecule has 0 amide bonds. The molecule has 1 rings (SSSR count). The molecular weight excluding hydrogens is 274 g/mol. The molecule has 1 aromatic heterocycles. The summed E-state index contributed by atoms with van der Waals surface area (Å²) in [7, 11) is 0. The molecule has 0 bridgehead atoms. The molecule has 0 radical (unpaired) electrons. The van der Waals surface area contributed by atoms with E-state index in [2.05, 4.69) is 25.2 Å². The van der Waals surface area contributed by atoms with Crippen LogP contribution in [0.15, 0.2) is 12.1 Å². The number of halogens is 1. The van der Waals surface area contributed by atoms with Crippen molar-refractivity contribution in [1.82, 2.24) is 5.32 Å². The van der Waals surface area contributed by atoms with Crippen LogP contribution in [0, 0.1) is 0 Å². The molecule has 0 atom stereocenters. The Bertz CT molecular complexity index is 314. The second kappa shape index (κ2) is 10.7. The van der Waals surface area contributed by atoms with Crippen molar-refractivity contribution < 1.29 is 0 Å². The van der Waals surface area contributed by atoms with Crippen LogP contribution in [0.5, 0.6) is 0 Å². The zero-order chi connectivity index (χ0) is 13.9. The van der Waals surface area contributed by atoms with Crippen LogP contribution in [-0.2, 0) is 6.54 Å². The molecule has 1 nitrogen and oxygen atoms in total. The van der Waals surface area contributed by atoms with Crippen LogP contribution < -0.4 is 5.32 Å². The van der Waals surface area contributed by atoms with Crippen molar-refractivity contribution in [1.29, 1.82) is 0 Å². The van der Waals surface area contributed by atoms with E-state index in [9.17, 15) is 0 Å². The first-order chi connectivity index (χ1) is 9.26. The highest BCUT2D eigenvalue weighted by molar-refractivity contribution is 7.16. The fourth-order valence-corrected chi connectivity index (χ4v) is 3.36. The van der Waals surface area contributed by atoms with Crippen molar-refractivity contribution in [3.63, 3.8) is 0 Å². The van der Waals surface area contributed by atoms with Gasteiger partial charge in [-0.1, -0.05) is 64.0 Å². The first kappa shape index (κ1) is 17.0. The van der Waals surface area contributed by atoms with Gasteiger partial charge in [0, 0.05) is 17.5 Å². The summed E-state index contributed by atoms with van der Waals surface area (Å²) in [4.78, 5) is 1.35. The Labute approximate surface area is 127 Å². The summed E-state index contributed by atoms with van der Waals surface area (Å²) in [6.07, 6.45) is 10.7. The smallest absolute Gasteiger partial charge is 0.0931 e. The minimum Gasteiger partial charge on any atom is -0.309 e. The normalized spacial score (nSPS) is 11.4. The molecule has 1 heterocycles. The summed E-state index contributed by atoms with van der Waals surface area (Å²) in [5, 5.41) is 3.72. The Morgan fingerprint density at radius 3 is 2.16 bits per heavy atom. The summed E-state index contributed by atoms with van der Waals surface area (Å²) in [6, 6.07) is 4.81. The third-order valence-electron chi connectivity index (χ3n) is 3.51. The topological polar surface area (TPSA) is 12.0 Å². The molecule has 0 aliphatic carbocycles. The van der Waals surface area contributed by atoms with Gasteiger partial charge < -0.3 is 5.32 Å². The molecule has 1 aromatic rings. The summed E-state index contributed by atoms with van der Waals surface area (Å²) < 4.78 is 0.894. The van der Waals surface area contributed by atoms with E-state index in [-0.39, 0.29) is 0 Å². The number of unbranched alkanes of at least 4 members (excludes halogenated alkanes) is 4. The van der Waals surface area contributed by atoms with Gasteiger partial charge in [0.05, 0.1) is 4.34 Å². The van der Waals surface area contributed by atoms with Gasteiger partial charge in [-0.05, 0) is 25.0 Å². The minimum absolute atomic E-state index is 0.680. The van der Waals surface area contributed by atoms with Crippen LogP contribution >= 0.6 is 22.9 Å². The van der Waals surface area contributed by atoms with Gasteiger partial charge in [-0.3, -0.25) is 0 Å². The highest BCUT2D eigenvalue weighted by Gasteiger charge is 2.08. The summed E-state index contributed by atoms with van der Waals surface area (Å²) in [5.74, 6) is 0. The molecule has 0 unspecified atom stereocenters. The summed E-state index contributed by atoms with van der Waals surface area (Å²) >= 11 is 7.66. The molecular formula is C16H28ClNS. The van der Waals surface area contributed by atoms with Crippen LogP contribution in [0.25, 0.3) is 0 Å². The number of nitrogens with one attached hydrogen (secondary N) is 1. The molecule has 0 saturated heterocycles. The Hall–Kier alpha value is -0.0500. The molecule has 19 heavy (non-hydrogen) atoms. The van der Waals surface area contributed by atoms with Gasteiger partial charge in [0.1, 0.15) is 0 Å². The summed E-state index contributed by atoms with van der Waals surface area (Å²) in [6.45, 7) is 5.51. The Morgan fingerprint density at radius 1 is 1.05 bits per heavy atom. The molecule has 0 aromatic carbocycles. The standard InChI is InChI=1S/C16H28ClNS/c1-3-5-7-9-14(10-8-6-4-2)18-13-15-11-12-16(17)19-15/h11-12,14,18H,3-10,13H2,1-2H3. The number of hydrogen-bond acceptors (Lipinski definition) is 2. The van der Waals surface area contributed by atoms with Gasteiger partial charge in [-0.15, -0.1) is 11.3 Å². The van der Waals surface area contributed by atoms with E-state index in [0.717, 1.165) is 10.9 Å². The molecule has 3 heteroatoms. The maximum absolute atomic E-state index is 5.97. The van der Waals surface area contributed by atoms with E-state index in [1.807, 2.05) is 6.07 Å². The van der Waals surface area contributed by atoms with Crippen LogP contribution in [0.2, 0.25) is 4.34 Å². The molecule has 0 saturated carbocycles. The monoisotopic (exact) mass is 301 g/mol. The lowest BCUT2D eigenvalue weighted by Crippen LogP contribution is -2.28. The maximum atomic E-state index is 5.97. The SMILES string of the molecule is CCCCCC(CCCCC)NCc1ccc(Cl)s1. The van der Waals surface area contributed by atoms with Crippen LogP contribution in [-0.4, -0.2) is 6.04 Å². The second-order valence-corrected chi connectivity index (χ2v) is 7.07. The van der Waals surface area contributed by atoms with E-state index in [4.69, 9.17) is 11.6 Å². The fourth-order valence-electron chi connectivity index (χ4n) is 2.32. The van der Waals surface area contributed by atoms with E-state index in [1.54, 1.807) is 11.3 Å². The van der Waals surface area contributed by atoms with Crippen molar-refractivity contribution in [3.05, 3.63) is 21.3 Å². The zero-order valence-electron chi connectivity index (χ0n) is 12.4. The van der Waals surface area contributed by atoms with Crippen molar-refractivity contribution in [3.8, 4) is 0 Å². The van der Waals surface area contributed by atoms with Crippen LogP contribution in [0.4, 0.5) is 0 Å². The minimum atomic E-state index is 0.680. The maximum Gasteiger partial charge on any atom is 0.0931 e. The molecule has 0 aliphatic heterocycles. The number of rotatable bonds is 11. The van der Waals surface area contributed by atoms with Gasteiger partial charge in [-0.25, -0.2) is 0 Å². The quantitative estimate of drug-likeness (QED) is 0.493. The molecule has 0 aliphatic rings. The van der Waals surface area contributed by atoms with Gasteiger partial charge in [0.25, 0.3) is 0 Å². The van der Waals surface area contributed by atoms with E-state index in [1.165, 1.54) is 56.2 Å². The lowest BCUT2D eigenvalue weighted by Gasteiger charge is -2.18. The van der Waals surface area contributed by atoms with Gasteiger partial charge in [-0.2, -0.15) is 0 Å². The fraction of sp³-hybridized carbons (Fsp3) is 0.750. The predicted molar refractivity (Wildman–Crippen MR) is 88.2 cm³/mol. The van der Waals surface area contributed by atoms with E-state index >= 15 is 0 Å². The predicted octanol–water partition coefficient (Wildman–Crippen LogP) is 6.02. The zero-order valence-corrected chi connectivity index (χ0v) is 14.0. The highest BCUT2D eigenvalue weighted by Crippen LogP contribution is 2.21. The molecule has 1 N–H and O–H groups in total. The van der Waals surface area contributed by atoms with Crippen molar-refractivity contribution in [2.45, 2.75) is 77.8 Å². The number of thiophene rings is 1. The lowest BCUT2D eigenvalue weighted by molar-refractivity contribution is 0.419. The van der Waals surface area contributed by atoms with Crippen molar-refractivity contribution in [2.24, 2.45) is 0 Å². The molecule has 0 spiro atoms. The van der Waals surface area contributed by atoms with Crippen LogP contribution in [0.3, 0.4) is 0 Å². The van der Waals surface area contributed by atoms with Gasteiger partial charge >= 0.3 is 0 Å². The third kappa shape index (κ3) is 7.96.